The smallest absolute Gasteiger partial charge is 0.0727 e. The molecule has 0 amide bonds. The Hall–Kier alpha value is -2.20. The summed E-state index contributed by atoms with van der Waals surface area (Å²) in [7, 11) is 0. The van der Waals surface area contributed by atoms with E-state index in [4.69, 9.17) is 4.74 Å². The Morgan fingerprint density at radius 2 is 2.20 bits per heavy atom. The van der Waals surface area contributed by atoms with Crippen LogP contribution in [-0.2, 0) is 11.3 Å². The summed E-state index contributed by atoms with van der Waals surface area (Å²) in [6, 6.07) is 6.32. The van der Waals surface area contributed by atoms with Gasteiger partial charge in [-0.2, -0.15) is 5.10 Å². The summed E-state index contributed by atoms with van der Waals surface area (Å²) in [6.07, 6.45) is 5.75. The SMILES string of the molecule is CC1COCc2c(-c3ccc4[nH]ncc4c3)cncc21. The molecule has 1 aromatic carbocycles. The van der Waals surface area contributed by atoms with E-state index >= 15 is 0 Å². The third-order valence-corrected chi connectivity index (χ3v) is 3.99. The molecule has 0 bridgehead atoms. The molecule has 1 unspecified atom stereocenters. The van der Waals surface area contributed by atoms with E-state index in [-0.39, 0.29) is 0 Å². The summed E-state index contributed by atoms with van der Waals surface area (Å²) in [6.45, 7) is 3.63. The van der Waals surface area contributed by atoms with Crippen molar-refractivity contribution in [3.05, 3.63) is 47.9 Å². The molecule has 2 aromatic heterocycles. The third kappa shape index (κ3) is 1.72. The van der Waals surface area contributed by atoms with E-state index in [0.29, 0.717) is 12.5 Å². The molecule has 3 heterocycles. The van der Waals surface area contributed by atoms with Gasteiger partial charge in [-0.1, -0.05) is 13.0 Å². The second-order valence-electron chi connectivity index (χ2n) is 5.34. The van der Waals surface area contributed by atoms with E-state index in [9.17, 15) is 0 Å². The lowest BCUT2D eigenvalue weighted by Gasteiger charge is -2.24. The van der Waals surface area contributed by atoms with E-state index in [1.807, 2.05) is 18.6 Å². The summed E-state index contributed by atoms with van der Waals surface area (Å²) in [5.41, 5.74) is 5.96. The molecule has 3 aromatic rings. The maximum Gasteiger partial charge on any atom is 0.0727 e. The highest BCUT2D eigenvalue weighted by Gasteiger charge is 2.20. The summed E-state index contributed by atoms with van der Waals surface area (Å²) in [4.78, 5) is 4.41. The number of aromatic amines is 1. The van der Waals surface area contributed by atoms with Gasteiger partial charge < -0.3 is 4.74 Å². The van der Waals surface area contributed by atoms with Crippen molar-refractivity contribution in [2.45, 2.75) is 19.4 Å². The van der Waals surface area contributed by atoms with Crippen molar-refractivity contribution >= 4 is 10.9 Å². The Bertz CT molecular complexity index is 778. The van der Waals surface area contributed by atoms with Gasteiger partial charge in [0, 0.05) is 29.3 Å². The van der Waals surface area contributed by atoms with Crippen LogP contribution in [0.4, 0.5) is 0 Å². The fourth-order valence-corrected chi connectivity index (χ4v) is 2.88. The van der Waals surface area contributed by atoms with E-state index in [1.165, 1.54) is 16.7 Å². The minimum atomic E-state index is 0.406. The van der Waals surface area contributed by atoms with Gasteiger partial charge >= 0.3 is 0 Å². The zero-order valence-electron chi connectivity index (χ0n) is 11.3. The lowest BCUT2D eigenvalue weighted by Crippen LogP contribution is -2.15. The van der Waals surface area contributed by atoms with Crippen molar-refractivity contribution in [3.8, 4) is 11.1 Å². The van der Waals surface area contributed by atoms with E-state index in [2.05, 4.69) is 40.3 Å². The molecule has 1 aliphatic rings. The van der Waals surface area contributed by atoms with Gasteiger partial charge in [0.05, 0.1) is 24.9 Å². The van der Waals surface area contributed by atoms with Crippen molar-refractivity contribution in [2.75, 3.05) is 6.61 Å². The van der Waals surface area contributed by atoms with Crippen LogP contribution in [0.3, 0.4) is 0 Å². The standard InChI is InChI=1S/C16H15N3O/c1-10-8-20-9-15-13(10)6-17-7-14(15)11-2-3-16-12(4-11)5-18-19-16/h2-7,10H,8-9H2,1H3,(H,18,19). The number of aromatic nitrogens is 3. The van der Waals surface area contributed by atoms with Crippen LogP contribution in [0.5, 0.6) is 0 Å². The van der Waals surface area contributed by atoms with Crippen molar-refractivity contribution in [3.63, 3.8) is 0 Å². The number of H-pyrrole nitrogens is 1. The van der Waals surface area contributed by atoms with Gasteiger partial charge in [0.25, 0.3) is 0 Å². The van der Waals surface area contributed by atoms with E-state index in [1.54, 1.807) is 0 Å². The van der Waals surface area contributed by atoms with Crippen LogP contribution in [0.2, 0.25) is 0 Å². The van der Waals surface area contributed by atoms with Crippen molar-refractivity contribution in [1.29, 1.82) is 0 Å². The van der Waals surface area contributed by atoms with Crippen molar-refractivity contribution in [1.82, 2.24) is 15.2 Å². The van der Waals surface area contributed by atoms with Gasteiger partial charge in [-0.15, -0.1) is 0 Å². The highest BCUT2D eigenvalue weighted by Crippen LogP contribution is 2.34. The zero-order chi connectivity index (χ0) is 13.5. The van der Waals surface area contributed by atoms with E-state index in [0.717, 1.165) is 23.1 Å². The Labute approximate surface area is 116 Å². The number of ether oxygens (including phenoxy) is 1. The summed E-state index contributed by atoms with van der Waals surface area (Å²) >= 11 is 0. The van der Waals surface area contributed by atoms with Gasteiger partial charge in [-0.3, -0.25) is 10.1 Å². The highest BCUT2D eigenvalue weighted by atomic mass is 16.5. The first-order valence-corrected chi connectivity index (χ1v) is 6.81. The second kappa shape index (κ2) is 4.42. The molecule has 1 N–H and O–H groups in total. The molecule has 0 spiro atoms. The molecule has 1 atom stereocenters. The number of hydrogen-bond donors (Lipinski definition) is 1. The molecule has 20 heavy (non-hydrogen) atoms. The van der Waals surface area contributed by atoms with Gasteiger partial charge in [0.15, 0.2) is 0 Å². The van der Waals surface area contributed by atoms with Crippen LogP contribution in [0.15, 0.2) is 36.8 Å². The van der Waals surface area contributed by atoms with E-state index < -0.39 is 0 Å². The van der Waals surface area contributed by atoms with Gasteiger partial charge in [-0.05, 0) is 28.8 Å². The number of fused-ring (bicyclic) bond motifs is 2. The van der Waals surface area contributed by atoms with Gasteiger partial charge in [0.2, 0.25) is 0 Å². The number of pyridine rings is 1. The number of benzene rings is 1. The number of nitrogens with one attached hydrogen (secondary N) is 1. The monoisotopic (exact) mass is 265 g/mol. The minimum Gasteiger partial charge on any atom is -0.376 e. The van der Waals surface area contributed by atoms with Crippen molar-refractivity contribution in [2.24, 2.45) is 0 Å². The molecule has 4 heteroatoms. The average molecular weight is 265 g/mol. The topological polar surface area (TPSA) is 50.8 Å². The van der Waals surface area contributed by atoms with Crippen LogP contribution in [0.25, 0.3) is 22.0 Å². The Kier molecular flexibility index (Phi) is 2.57. The third-order valence-electron chi connectivity index (χ3n) is 3.99. The predicted molar refractivity (Wildman–Crippen MR) is 77.4 cm³/mol. The molecule has 1 aliphatic heterocycles. The maximum absolute atomic E-state index is 5.70. The molecule has 0 radical (unpaired) electrons. The zero-order valence-corrected chi connectivity index (χ0v) is 11.3. The fraction of sp³-hybridized carbons (Fsp3) is 0.250. The van der Waals surface area contributed by atoms with Gasteiger partial charge in [0.1, 0.15) is 0 Å². The summed E-state index contributed by atoms with van der Waals surface area (Å²) in [5, 5.41) is 8.16. The predicted octanol–water partition coefficient (Wildman–Crippen LogP) is 3.26. The number of nitrogens with zero attached hydrogens (tertiary/aromatic N) is 2. The van der Waals surface area contributed by atoms with Crippen LogP contribution >= 0.6 is 0 Å². The second-order valence-corrected chi connectivity index (χ2v) is 5.34. The molecule has 0 saturated carbocycles. The summed E-state index contributed by atoms with van der Waals surface area (Å²) in [5.74, 6) is 0.406. The van der Waals surface area contributed by atoms with Crippen molar-refractivity contribution < 1.29 is 4.74 Å². The molecule has 0 saturated heterocycles. The minimum absolute atomic E-state index is 0.406. The number of rotatable bonds is 1. The first-order valence-electron chi connectivity index (χ1n) is 6.81. The average Bonchev–Trinajstić information content (AvgIpc) is 2.94. The molecule has 0 aliphatic carbocycles. The lowest BCUT2D eigenvalue weighted by molar-refractivity contribution is 0.0953. The Balaban J connectivity index is 1.91. The normalized spacial score (nSPS) is 18.1. The molecule has 0 fully saturated rings. The van der Waals surface area contributed by atoms with Crippen LogP contribution in [0.1, 0.15) is 24.0 Å². The first kappa shape index (κ1) is 11.6. The quantitative estimate of drug-likeness (QED) is 0.734. The fourth-order valence-electron chi connectivity index (χ4n) is 2.88. The Morgan fingerprint density at radius 1 is 1.25 bits per heavy atom. The van der Waals surface area contributed by atoms with Crippen LogP contribution < -0.4 is 0 Å². The lowest BCUT2D eigenvalue weighted by atomic mass is 9.91. The van der Waals surface area contributed by atoms with Crippen LogP contribution in [-0.4, -0.2) is 21.8 Å². The molecule has 4 nitrogen and oxygen atoms in total. The molecule has 100 valence electrons. The van der Waals surface area contributed by atoms with Gasteiger partial charge in [-0.25, -0.2) is 0 Å². The number of hydrogen-bond acceptors (Lipinski definition) is 3. The highest BCUT2D eigenvalue weighted by molar-refractivity contribution is 5.84. The molecular formula is C16H15N3O. The maximum atomic E-state index is 5.70. The first-order chi connectivity index (χ1) is 9.83. The Morgan fingerprint density at radius 3 is 3.15 bits per heavy atom. The molecule has 4 rings (SSSR count). The largest absolute Gasteiger partial charge is 0.376 e. The van der Waals surface area contributed by atoms with Crippen LogP contribution in [0, 0.1) is 0 Å². The molecular weight excluding hydrogens is 250 g/mol. The summed E-state index contributed by atoms with van der Waals surface area (Å²) < 4.78 is 5.70.